The molecule has 0 saturated carbocycles. The van der Waals surface area contributed by atoms with Crippen molar-refractivity contribution in [3.8, 4) is 5.69 Å². The van der Waals surface area contributed by atoms with Crippen LogP contribution in [0.2, 0.25) is 0 Å². The number of rotatable bonds is 5. The molecule has 4 rings (SSSR count). The van der Waals surface area contributed by atoms with E-state index in [0.717, 1.165) is 23.4 Å². The number of carbonyl (C=O) groups is 3. The summed E-state index contributed by atoms with van der Waals surface area (Å²) < 4.78 is 1.68. The molecule has 2 aliphatic rings. The van der Waals surface area contributed by atoms with Gasteiger partial charge in [0, 0.05) is 36.6 Å². The average Bonchev–Trinajstić information content (AvgIpc) is 3.26. The third kappa shape index (κ3) is 3.18. The molecule has 9 heteroatoms. The summed E-state index contributed by atoms with van der Waals surface area (Å²) in [4.78, 5) is 38.1. The Balaban J connectivity index is 1.61. The van der Waals surface area contributed by atoms with Crippen molar-refractivity contribution in [3.63, 3.8) is 0 Å². The van der Waals surface area contributed by atoms with Gasteiger partial charge in [-0.2, -0.15) is 0 Å². The minimum Gasteiger partial charge on any atom is -0.322 e. The first-order chi connectivity index (χ1) is 13.5. The zero-order valence-corrected chi connectivity index (χ0v) is 15.8. The van der Waals surface area contributed by atoms with Crippen LogP contribution in [-0.4, -0.2) is 56.7 Å². The van der Waals surface area contributed by atoms with Crippen molar-refractivity contribution < 1.29 is 14.4 Å². The highest BCUT2D eigenvalue weighted by Crippen LogP contribution is 2.31. The molecule has 2 atom stereocenters. The van der Waals surface area contributed by atoms with Crippen LogP contribution in [0.25, 0.3) is 5.69 Å². The zero-order chi connectivity index (χ0) is 19.8. The Morgan fingerprint density at radius 2 is 2.14 bits per heavy atom. The van der Waals surface area contributed by atoms with E-state index in [4.69, 9.17) is 0 Å². The van der Waals surface area contributed by atoms with Gasteiger partial charge in [-0.25, -0.2) is 4.68 Å². The number of aromatic nitrogens is 3. The maximum Gasteiger partial charge on any atom is 0.255 e. The van der Waals surface area contributed by atoms with E-state index < -0.39 is 11.9 Å². The van der Waals surface area contributed by atoms with Gasteiger partial charge >= 0.3 is 0 Å². The van der Waals surface area contributed by atoms with E-state index >= 15 is 0 Å². The number of imide groups is 1. The monoisotopic (exact) mass is 382 g/mol. The molecule has 3 amide bonds. The summed E-state index contributed by atoms with van der Waals surface area (Å²) in [5.74, 6) is -0.907. The summed E-state index contributed by atoms with van der Waals surface area (Å²) in [7, 11) is 1.90. The second-order valence-corrected chi connectivity index (χ2v) is 7.25. The van der Waals surface area contributed by atoms with Crippen molar-refractivity contribution in [2.75, 3.05) is 7.05 Å². The number of hydrogen-bond acceptors (Lipinski definition) is 6. The van der Waals surface area contributed by atoms with Crippen LogP contribution >= 0.6 is 0 Å². The number of carbonyl (C=O) groups excluding carboxylic acids is 3. The molecular weight excluding hydrogens is 360 g/mol. The maximum absolute atomic E-state index is 12.9. The summed E-state index contributed by atoms with van der Waals surface area (Å²) in [5.41, 5.74) is 3.00. The first-order valence-electron chi connectivity index (χ1n) is 9.33. The third-order valence-electron chi connectivity index (χ3n) is 5.35. The maximum atomic E-state index is 12.9. The molecule has 28 heavy (non-hydrogen) atoms. The Kier molecular flexibility index (Phi) is 4.68. The molecule has 1 aromatic carbocycles. The van der Waals surface area contributed by atoms with Crippen LogP contribution in [0.1, 0.15) is 41.4 Å². The van der Waals surface area contributed by atoms with Crippen LogP contribution in [0.15, 0.2) is 24.4 Å². The van der Waals surface area contributed by atoms with Crippen LogP contribution in [0.5, 0.6) is 0 Å². The van der Waals surface area contributed by atoms with Gasteiger partial charge in [0.2, 0.25) is 11.8 Å². The van der Waals surface area contributed by atoms with Gasteiger partial charge in [-0.15, -0.1) is 5.10 Å². The lowest BCUT2D eigenvalue weighted by Crippen LogP contribution is -2.52. The van der Waals surface area contributed by atoms with Crippen LogP contribution < -0.4 is 10.6 Å². The molecule has 3 heterocycles. The summed E-state index contributed by atoms with van der Waals surface area (Å²) in [6, 6.07) is 5.09. The van der Waals surface area contributed by atoms with E-state index in [-0.39, 0.29) is 24.3 Å². The lowest BCUT2D eigenvalue weighted by Gasteiger charge is -2.29. The van der Waals surface area contributed by atoms with Gasteiger partial charge in [0.15, 0.2) is 0 Å². The van der Waals surface area contributed by atoms with E-state index in [9.17, 15) is 14.4 Å². The zero-order valence-electron chi connectivity index (χ0n) is 15.8. The third-order valence-corrected chi connectivity index (χ3v) is 5.35. The number of nitrogens with one attached hydrogen (secondary N) is 2. The minimum atomic E-state index is -0.631. The van der Waals surface area contributed by atoms with Crippen LogP contribution in [0.4, 0.5) is 0 Å². The number of benzene rings is 1. The SMILES string of the molecule is CNC(C)Cc1cn(-c2cccc3c2CN(C2CCC(=O)NC2=O)C3=O)nn1. The fourth-order valence-electron chi connectivity index (χ4n) is 3.71. The number of hydrogen-bond donors (Lipinski definition) is 2. The van der Waals surface area contributed by atoms with E-state index in [1.54, 1.807) is 16.8 Å². The number of likely N-dealkylation sites (N-methyl/N-ethyl adjacent to an activating group) is 1. The van der Waals surface area contributed by atoms with Gasteiger partial charge in [0.1, 0.15) is 6.04 Å². The molecule has 2 aromatic rings. The smallest absolute Gasteiger partial charge is 0.255 e. The highest BCUT2D eigenvalue weighted by atomic mass is 16.2. The molecule has 2 unspecified atom stereocenters. The highest BCUT2D eigenvalue weighted by molar-refractivity contribution is 6.05. The van der Waals surface area contributed by atoms with Crippen molar-refractivity contribution in [3.05, 3.63) is 41.2 Å². The van der Waals surface area contributed by atoms with E-state index in [2.05, 4.69) is 27.9 Å². The van der Waals surface area contributed by atoms with E-state index in [1.807, 2.05) is 19.3 Å². The van der Waals surface area contributed by atoms with E-state index in [1.165, 1.54) is 4.90 Å². The summed E-state index contributed by atoms with van der Waals surface area (Å²) in [6.07, 6.45) is 3.18. The summed E-state index contributed by atoms with van der Waals surface area (Å²) in [6.45, 7) is 2.37. The predicted octanol–water partition coefficient (Wildman–Crippen LogP) is 0.179. The van der Waals surface area contributed by atoms with Crippen molar-refractivity contribution in [2.24, 2.45) is 0 Å². The lowest BCUT2D eigenvalue weighted by molar-refractivity contribution is -0.136. The van der Waals surface area contributed by atoms with Crippen LogP contribution in [0.3, 0.4) is 0 Å². The molecule has 146 valence electrons. The Morgan fingerprint density at radius 3 is 2.89 bits per heavy atom. The number of piperidine rings is 1. The number of fused-ring (bicyclic) bond motifs is 1. The van der Waals surface area contributed by atoms with Crippen LogP contribution in [0, 0.1) is 0 Å². The van der Waals surface area contributed by atoms with Crippen molar-refractivity contribution in [1.82, 2.24) is 30.5 Å². The van der Waals surface area contributed by atoms with Crippen LogP contribution in [-0.2, 0) is 22.6 Å². The van der Waals surface area contributed by atoms with Gasteiger partial charge in [-0.05, 0) is 32.5 Å². The summed E-state index contributed by atoms with van der Waals surface area (Å²) >= 11 is 0. The summed E-state index contributed by atoms with van der Waals surface area (Å²) in [5, 5.41) is 13.9. The van der Waals surface area contributed by atoms with Crippen molar-refractivity contribution in [2.45, 2.75) is 44.8 Å². The van der Waals surface area contributed by atoms with Gasteiger partial charge in [0.25, 0.3) is 5.91 Å². The predicted molar refractivity (Wildman–Crippen MR) is 99.6 cm³/mol. The first-order valence-corrected chi connectivity index (χ1v) is 9.33. The molecule has 2 aliphatic heterocycles. The first kappa shape index (κ1) is 18.3. The van der Waals surface area contributed by atoms with Gasteiger partial charge in [-0.3, -0.25) is 19.7 Å². The molecule has 0 aliphatic carbocycles. The van der Waals surface area contributed by atoms with Gasteiger partial charge < -0.3 is 10.2 Å². The fourth-order valence-corrected chi connectivity index (χ4v) is 3.71. The Hall–Kier alpha value is -3.07. The van der Waals surface area contributed by atoms with Crippen molar-refractivity contribution >= 4 is 17.7 Å². The molecular formula is C19H22N6O3. The lowest BCUT2D eigenvalue weighted by atomic mass is 10.0. The Bertz CT molecular complexity index is 953. The van der Waals surface area contributed by atoms with Gasteiger partial charge in [-0.1, -0.05) is 11.3 Å². The van der Waals surface area contributed by atoms with E-state index in [0.29, 0.717) is 18.5 Å². The number of nitrogens with zero attached hydrogens (tertiary/aromatic N) is 4. The largest absolute Gasteiger partial charge is 0.322 e. The second kappa shape index (κ2) is 7.16. The molecule has 2 N–H and O–H groups in total. The Morgan fingerprint density at radius 1 is 1.32 bits per heavy atom. The molecule has 0 radical (unpaired) electrons. The van der Waals surface area contributed by atoms with Gasteiger partial charge in [0.05, 0.1) is 17.6 Å². The quantitative estimate of drug-likeness (QED) is 0.714. The normalized spacial score (nSPS) is 20.3. The molecule has 0 spiro atoms. The van der Waals surface area contributed by atoms with Crippen molar-refractivity contribution in [1.29, 1.82) is 0 Å². The number of amides is 3. The Labute approximate surface area is 162 Å². The molecule has 1 saturated heterocycles. The standard InChI is InChI=1S/C19H22N6O3/c1-11(20-2)8-12-9-25(23-22-12)15-5-3-4-13-14(15)10-24(19(13)28)16-6-7-17(26)21-18(16)27/h3-5,9,11,16,20H,6-8,10H2,1-2H3,(H,21,26,27). The molecule has 0 bridgehead atoms. The molecule has 1 fully saturated rings. The second-order valence-electron chi connectivity index (χ2n) is 7.25. The molecule has 9 nitrogen and oxygen atoms in total. The average molecular weight is 382 g/mol. The topological polar surface area (TPSA) is 109 Å². The highest BCUT2D eigenvalue weighted by Gasteiger charge is 2.40. The fraction of sp³-hybridized carbons (Fsp3) is 0.421. The minimum absolute atomic E-state index is 0.199. The molecule has 1 aromatic heterocycles.